The number of nitrogens with zero attached hydrogens (tertiary/aromatic N) is 1. The summed E-state index contributed by atoms with van der Waals surface area (Å²) in [4.78, 5) is 0. The maximum Gasteiger partial charge on any atom is 0.198 e. The van der Waals surface area contributed by atoms with Gasteiger partial charge in [0.25, 0.3) is 0 Å². The average Bonchev–Trinajstić information content (AvgIpc) is 3.98. The van der Waals surface area contributed by atoms with Gasteiger partial charge in [-0.1, -0.05) is 171 Å². The molecule has 11 aromatic rings. The highest BCUT2D eigenvalue weighted by atomic mass is 32.1. The number of furan rings is 1. The van der Waals surface area contributed by atoms with Gasteiger partial charge in [0.1, 0.15) is 11.3 Å². The van der Waals surface area contributed by atoms with E-state index in [0.29, 0.717) is 0 Å². The highest BCUT2D eigenvalue weighted by Crippen LogP contribution is 2.50. The number of aromatic nitrogens is 1. The quantitative estimate of drug-likeness (QED) is 0.175. The summed E-state index contributed by atoms with van der Waals surface area (Å²) in [7, 11) is 2.47. The van der Waals surface area contributed by atoms with Gasteiger partial charge in [0.15, 0.2) is 7.28 Å². The molecule has 12 rings (SSSR count). The maximum atomic E-state index is 7.04. The van der Waals surface area contributed by atoms with Crippen LogP contribution in [0.25, 0.3) is 92.2 Å². The van der Waals surface area contributed by atoms with Gasteiger partial charge in [0.05, 0.1) is 5.52 Å². The molecule has 3 nitrogen and oxygen atoms in total. The van der Waals surface area contributed by atoms with E-state index in [1.165, 1.54) is 75.3 Å². The Balaban J connectivity index is 1.23. The van der Waals surface area contributed by atoms with Crippen LogP contribution in [0.2, 0.25) is 0 Å². The molecule has 3 aromatic heterocycles. The number of fused-ring (bicyclic) bond motifs is 10. The summed E-state index contributed by atoms with van der Waals surface area (Å²) in [5.41, 5.74) is 18.7. The van der Waals surface area contributed by atoms with E-state index in [2.05, 4.69) is 237 Å². The maximum absolute atomic E-state index is 7.04. The van der Waals surface area contributed by atoms with Crippen molar-refractivity contribution in [2.45, 2.75) is 78.6 Å². The molecule has 0 bridgehead atoms. The molecule has 0 saturated heterocycles. The molecule has 0 spiro atoms. The molecule has 1 N–H and O–H groups in total. The Labute approximate surface area is 398 Å². The summed E-state index contributed by atoms with van der Waals surface area (Å²) >= 11 is 1.92. The van der Waals surface area contributed by atoms with Crippen molar-refractivity contribution >= 4 is 93.9 Å². The second-order valence-corrected chi connectivity index (χ2v) is 22.7. The largest absolute Gasteiger partial charge is 0.455 e. The first-order valence-electron chi connectivity index (χ1n) is 23.7. The molecule has 0 amide bonds. The molecule has 1 radical (unpaired) electrons. The smallest absolute Gasteiger partial charge is 0.198 e. The summed E-state index contributed by atoms with van der Waals surface area (Å²) < 4.78 is 12.2. The highest BCUT2D eigenvalue weighted by Gasteiger charge is 2.33. The van der Waals surface area contributed by atoms with Crippen LogP contribution in [0.5, 0.6) is 0 Å². The van der Waals surface area contributed by atoms with Crippen LogP contribution in [-0.4, -0.2) is 11.8 Å². The third-order valence-corrected chi connectivity index (χ3v) is 15.3. The minimum Gasteiger partial charge on any atom is -0.455 e. The summed E-state index contributed by atoms with van der Waals surface area (Å²) in [6.45, 7) is 20.8. The Morgan fingerprint density at radius 2 is 1.16 bits per heavy atom. The molecular formula is C62H54BN2OS. The van der Waals surface area contributed by atoms with Crippen molar-refractivity contribution < 1.29 is 4.42 Å². The topological polar surface area (TPSA) is 30.1 Å². The van der Waals surface area contributed by atoms with Gasteiger partial charge < -0.3 is 14.3 Å². The van der Waals surface area contributed by atoms with Gasteiger partial charge in [-0.15, -0.1) is 11.3 Å². The number of thiophene rings is 1. The Hall–Kier alpha value is -6.82. The zero-order valence-electron chi connectivity index (χ0n) is 39.9. The summed E-state index contributed by atoms with van der Waals surface area (Å²) in [6, 6.07) is 58.4. The molecule has 0 fully saturated rings. The number of hydrogen-bond donors (Lipinski definition) is 1. The van der Waals surface area contributed by atoms with Crippen molar-refractivity contribution in [1.82, 2.24) is 4.57 Å². The van der Waals surface area contributed by atoms with Crippen LogP contribution in [0.15, 0.2) is 162 Å². The van der Waals surface area contributed by atoms with Crippen LogP contribution in [0.4, 0.5) is 11.4 Å². The Morgan fingerprint density at radius 3 is 1.87 bits per heavy atom. The first-order chi connectivity index (χ1) is 32.1. The fourth-order valence-electron chi connectivity index (χ4n) is 10.5. The van der Waals surface area contributed by atoms with E-state index >= 15 is 0 Å². The van der Waals surface area contributed by atoms with Gasteiger partial charge in [-0.25, -0.2) is 0 Å². The van der Waals surface area contributed by atoms with Crippen LogP contribution in [0.3, 0.4) is 0 Å². The number of nitrogens with one attached hydrogen (secondary N) is 1. The third kappa shape index (κ3) is 6.68. The van der Waals surface area contributed by atoms with Gasteiger partial charge in [-0.3, -0.25) is 0 Å². The van der Waals surface area contributed by atoms with Crippen molar-refractivity contribution in [1.29, 1.82) is 0 Å². The lowest BCUT2D eigenvalue weighted by molar-refractivity contribution is 0.590. The Kier molecular flexibility index (Phi) is 9.22. The molecular weight excluding hydrogens is 832 g/mol. The van der Waals surface area contributed by atoms with Gasteiger partial charge in [0.2, 0.25) is 0 Å². The van der Waals surface area contributed by atoms with E-state index in [0.717, 1.165) is 55.9 Å². The second-order valence-electron chi connectivity index (χ2n) is 21.7. The predicted octanol–water partition coefficient (Wildman–Crippen LogP) is 16.5. The molecule has 0 atom stereocenters. The van der Waals surface area contributed by atoms with Crippen molar-refractivity contribution in [2.24, 2.45) is 0 Å². The second kappa shape index (κ2) is 14.8. The molecule has 0 unspecified atom stereocenters. The number of rotatable bonds is 5. The molecule has 327 valence electrons. The molecule has 1 aliphatic rings. The Bertz CT molecular complexity index is 3770. The molecule has 67 heavy (non-hydrogen) atoms. The zero-order chi connectivity index (χ0) is 46.1. The van der Waals surface area contributed by atoms with Crippen molar-refractivity contribution in [3.8, 4) is 39.3 Å². The van der Waals surface area contributed by atoms with Gasteiger partial charge >= 0.3 is 0 Å². The lowest BCUT2D eigenvalue weighted by Crippen LogP contribution is -2.37. The van der Waals surface area contributed by atoms with Gasteiger partial charge in [0, 0.05) is 75.6 Å². The fraction of sp³-hybridized carbons (Fsp3) is 0.194. The molecule has 1 aliphatic heterocycles. The van der Waals surface area contributed by atoms with Gasteiger partial charge in [-0.05, 0) is 104 Å². The zero-order valence-corrected chi connectivity index (χ0v) is 40.7. The van der Waals surface area contributed by atoms with Crippen molar-refractivity contribution in [3.05, 3.63) is 174 Å². The molecule has 5 heteroatoms. The average molecular weight is 886 g/mol. The minimum absolute atomic E-state index is 0.0359. The summed E-state index contributed by atoms with van der Waals surface area (Å²) in [5.74, 6) is 0.886. The summed E-state index contributed by atoms with van der Waals surface area (Å²) in [5, 5.41) is 10.3. The minimum atomic E-state index is -0.0748. The lowest BCUT2D eigenvalue weighted by atomic mass is 9.58. The fourth-order valence-corrected chi connectivity index (χ4v) is 11.7. The van der Waals surface area contributed by atoms with E-state index in [-0.39, 0.29) is 16.2 Å². The first-order valence-corrected chi connectivity index (χ1v) is 24.5. The van der Waals surface area contributed by atoms with Crippen molar-refractivity contribution in [2.75, 3.05) is 5.32 Å². The number of hydrogen-bond acceptors (Lipinski definition) is 3. The third-order valence-electron chi connectivity index (χ3n) is 14.1. The van der Waals surface area contributed by atoms with Gasteiger partial charge in [-0.2, -0.15) is 0 Å². The van der Waals surface area contributed by atoms with Crippen LogP contribution in [0.1, 0.15) is 79.0 Å². The molecule has 8 aromatic carbocycles. The van der Waals surface area contributed by atoms with E-state index < -0.39 is 0 Å². The van der Waals surface area contributed by atoms with E-state index in [9.17, 15) is 0 Å². The van der Waals surface area contributed by atoms with Crippen LogP contribution >= 0.6 is 11.3 Å². The van der Waals surface area contributed by atoms with E-state index in [4.69, 9.17) is 4.42 Å². The van der Waals surface area contributed by atoms with Crippen molar-refractivity contribution in [3.63, 3.8) is 0 Å². The molecule has 0 aliphatic carbocycles. The standard InChI is InChI=1S/C62H54BN2OS/c1-60(2,3)38-24-28-41(29-25-38)64-47-30-26-39(61(4,5)6)32-43(47)55-56-57-53(54-42-22-16-17-23-51(42)67-59(54)55)44-33-40(62(7,8)9)27-31-48(44)65(57)49-34-45-50(35-46(49)63-56)66-58(37-20-14-11-15-21-37)52(45)36-18-12-10-13-19-36/h10-35,64H,1-9H3. The normalized spacial score (nSPS) is 13.0. The first kappa shape index (κ1) is 41.6. The predicted molar refractivity (Wildman–Crippen MR) is 291 cm³/mol. The van der Waals surface area contributed by atoms with Crippen LogP contribution < -0.4 is 16.2 Å². The highest BCUT2D eigenvalue weighted by molar-refractivity contribution is 7.26. The molecule has 4 heterocycles. The Morgan fingerprint density at radius 1 is 0.537 bits per heavy atom. The molecule has 0 saturated carbocycles. The van der Waals surface area contributed by atoms with Crippen LogP contribution in [-0.2, 0) is 16.2 Å². The number of benzene rings is 8. The van der Waals surface area contributed by atoms with E-state index in [1.54, 1.807) is 0 Å². The lowest BCUT2D eigenvalue weighted by Gasteiger charge is -2.26. The van der Waals surface area contributed by atoms with E-state index in [1.807, 2.05) is 11.3 Å². The monoisotopic (exact) mass is 885 g/mol. The summed E-state index contributed by atoms with van der Waals surface area (Å²) in [6.07, 6.45) is 0. The SMILES string of the molecule is CC(C)(C)c1ccc(Nc2ccc(C(C)(C)C)cc2-c2c3c4c(c5cc(C(C)(C)C)ccc5n4-c4cc5c(-c6ccccc6)c(-c6ccccc6)oc5cc4[B]3)c3c2sc2ccccc23)cc1. The van der Waals surface area contributed by atoms with Crippen LogP contribution in [0, 0.1) is 0 Å². The number of anilines is 2.